The van der Waals surface area contributed by atoms with Crippen LogP contribution in [0.5, 0.6) is 5.75 Å². The lowest BCUT2D eigenvalue weighted by atomic mass is 9.91. The van der Waals surface area contributed by atoms with E-state index in [1.165, 1.54) is 18.2 Å². The Kier molecular flexibility index (Phi) is 6.57. The third-order valence-electron chi connectivity index (χ3n) is 5.74. The summed E-state index contributed by atoms with van der Waals surface area (Å²) in [5.74, 6) is -1.92. The molecule has 1 atom stereocenters. The van der Waals surface area contributed by atoms with Gasteiger partial charge in [-0.1, -0.05) is 35.9 Å². The van der Waals surface area contributed by atoms with Gasteiger partial charge in [0.2, 0.25) is 0 Å². The number of nitrogens with zero attached hydrogens (tertiary/aromatic N) is 1. The minimum absolute atomic E-state index is 0.0944. The molecule has 0 fully saturated rings. The van der Waals surface area contributed by atoms with Gasteiger partial charge in [0.1, 0.15) is 29.5 Å². The number of hydrogen-bond donors (Lipinski definition) is 1. The second-order valence-electron chi connectivity index (χ2n) is 8.61. The molecule has 0 unspecified atom stereocenters. The van der Waals surface area contributed by atoms with E-state index in [-0.39, 0.29) is 22.9 Å². The van der Waals surface area contributed by atoms with E-state index in [2.05, 4.69) is 0 Å². The highest BCUT2D eigenvalue weighted by molar-refractivity contribution is 6.31. The van der Waals surface area contributed by atoms with Gasteiger partial charge in [0.05, 0.1) is 0 Å². The van der Waals surface area contributed by atoms with Crippen molar-refractivity contribution in [1.82, 2.24) is 4.90 Å². The minimum atomic E-state index is -1.19. The smallest absolute Gasteiger partial charge is 0.323 e. The van der Waals surface area contributed by atoms with Gasteiger partial charge in [0.15, 0.2) is 0 Å². The molecule has 1 aliphatic rings. The van der Waals surface area contributed by atoms with Crippen LogP contribution in [-0.2, 0) is 24.2 Å². The summed E-state index contributed by atoms with van der Waals surface area (Å²) < 4.78 is 33.6. The average molecular weight is 486 g/mol. The molecule has 3 aromatic carbocycles. The number of aliphatic carboxylic acids is 1. The molecule has 0 saturated carbocycles. The predicted octanol–water partition coefficient (Wildman–Crippen LogP) is 5.28. The summed E-state index contributed by atoms with van der Waals surface area (Å²) in [7, 11) is 0. The van der Waals surface area contributed by atoms with Crippen molar-refractivity contribution in [2.45, 2.75) is 31.9 Å². The summed E-state index contributed by atoms with van der Waals surface area (Å²) in [6.07, 6.45) is 0.812. The molecular weight excluding hydrogens is 464 g/mol. The molecule has 1 heterocycles. The average Bonchev–Trinajstić information content (AvgIpc) is 3.11. The van der Waals surface area contributed by atoms with Crippen molar-refractivity contribution in [2.75, 3.05) is 6.54 Å². The zero-order valence-electron chi connectivity index (χ0n) is 18.4. The molecule has 0 spiro atoms. The Labute approximate surface area is 200 Å². The summed E-state index contributed by atoms with van der Waals surface area (Å²) in [5.41, 5.74) is 1.35. The van der Waals surface area contributed by atoms with Gasteiger partial charge in [-0.2, -0.15) is 0 Å². The lowest BCUT2D eigenvalue weighted by Crippen LogP contribution is -2.35. The highest BCUT2D eigenvalue weighted by Crippen LogP contribution is 2.38. The third kappa shape index (κ3) is 5.20. The summed E-state index contributed by atoms with van der Waals surface area (Å²) in [5, 5.41) is 9.43. The molecule has 0 saturated heterocycles. The Morgan fingerprint density at radius 3 is 2.56 bits per heavy atom. The molecule has 5 nitrogen and oxygen atoms in total. The Morgan fingerprint density at radius 1 is 1.09 bits per heavy atom. The van der Waals surface area contributed by atoms with Gasteiger partial charge in [-0.3, -0.25) is 9.59 Å². The zero-order valence-corrected chi connectivity index (χ0v) is 19.1. The molecular formula is C26H22ClF2NO4. The molecule has 1 aliphatic heterocycles. The van der Waals surface area contributed by atoms with E-state index < -0.39 is 29.8 Å². The van der Waals surface area contributed by atoms with E-state index in [0.717, 1.165) is 16.5 Å². The van der Waals surface area contributed by atoms with Gasteiger partial charge in [-0.15, -0.1) is 0 Å². The molecule has 0 radical (unpaired) electrons. The van der Waals surface area contributed by atoms with Gasteiger partial charge < -0.3 is 14.7 Å². The highest BCUT2D eigenvalue weighted by atomic mass is 35.5. The molecule has 4 rings (SSSR count). The Hall–Kier alpha value is -3.45. The lowest BCUT2D eigenvalue weighted by molar-refractivity contribution is -0.137. The Balaban J connectivity index is 1.55. The van der Waals surface area contributed by atoms with Crippen LogP contribution in [0, 0.1) is 11.6 Å². The number of carboxylic acid groups (broad SMARTS) is 1. The molecule has 176 valence electrons. The van der Waals surface area contributed by atoms with E-state index in [0.29, 0.717) is 29.7 Å². The van der Waals surface area contributed by atoms with Crippen molar-refractivity contribution < 1.29 is 28.2 Å². The number of halogens is 3. The fraction of sp³-hybridized carbons (Fsp3) is 0.231. The topological polar surface area (TPSA) is 66.8 Å². The molecule has 0 aliphatic carbocycles. The number of rotatable bonds is 7. The number of carbonyl (C=O) groups is 2. The number of amides is 1. The van der Waals surface area contributed by atoms with Crippen molar-refractivity contribution >= 4 is 23.5 Å². The second-order valence-corrected chi connectivity index (χ2v) is 9.02. The van der Waals surface area contributed by atoms with Crippen LogP contribution in [0.4, 0.5) is 8.78 Å². The maximum atomic E-state index is 14.2. The summed E-state index contributed by atoms with van der Waals surface area (Å²) in [4.78, 5) is 25.8. The molecule has 1 N–H and O–H groups in total. The van der Waals surface area contributed by atoms with Gasteiger partial charge in [-0.25, -0.2) is 8.78 Å². The van der Waals surface area contributed by atoms with Crippen LogP contribution >= 0.6 is 11.6 Å². The monoisotopic (exact) mass is 485 g/mol. The van der Waals surface area contributed by atoms with Crippen molar-refractivity contribution in [2.24, 2.45) is 0 Å². The fourth-order valence-corrected chi connectivity index (χ4v) is 4.43. The quantitative estimate of drug-likeness (QED) is 0.494. The first-order chi connectivity index (χ1) is 16.1. The van der Waals surface area contributed by atoms with E-state index in [1.54, 1.807) is 36.4 Å². The van der Waals surface area contributed by atoms with E-state index in [4.69, 9.17) is 16.3 Å². The molecule has 1 amide bonds. The summed E-state index contributed by atoms with van der Waals surface area (Å²) in [6.45, 7) is 1.24. The minimum Gasteiger partial charge on any atom is -0.487 e. The van der Waals surface area contributed by atoms with E-state index in [1.807, 2.05) is 6.92 Å². The van der Waals surface area contributed by atoms with Crippen molar-refractivity contribution in [3.05, 3.63) is 99.6 Å². The van der Waals surface area contributed by atoms with E-state index in [9.17, 15) is 23.5 Å². The van der Waals surface area contributed by atoms with Crippen LogP contribution in [0.25, 0.3) is 0 Å². The van der Waals surface area contributed by atoms with Gasteiger partial charge in [0.25, 0.3) is 5.91 Å². The number of hydrogen-bond acceptors (Lipinski definition) is 3. The van der Waals surface area contributed by atoms with Gasteiger partial charge in [0, 0.05) is 30.0 Å². The van der Waals surface area contributed by atoms with Crippen molar-refractivity contribution in [3.63, 3.8) is 0 Å². The molecule has 3 aromatic rings. The maximum Gasteiger partial charge on any atom is 0.323 e. The van der Waals surface area contributed by atoms with Crippen LogP contribution in [-0.4, -0.2) is 34.0 Å². The summed E-state index contributed by atoms with van der Waals surface area (Å²) >= 11 is 6.08. The number of carbonyl (C=O) groups excluding carboxylic acids is 1. The lowest BCUT2D eigenvalue weighted by Gasteiger charge is -2.24. The van der Waals surface area contributed by atoms with Crippen LogP contribution < -0.4 is 4.74 Å². The third-order valence-corrected chi connectivity index (χ3v) is 6.09. The van der Waals surface area contributed by atoms with Crippen LogP contribution in [0.3, 0.4) is 0 Å². The number of ether oxygens (including phenoxy) is 1. The summed E-state index contributed by atoms with van der Waals surface area (Å²) in [6, 6.07) is 15.2. The number of fused-ring (bicyclic) bond motifs is 1. The number of carboxylic acids is 1. The fourth-order valence-electron chi connectivity index (χ4n) is 4.20. The maximum absolute atomic E-state index is 14.2. The Bertz CT molecular complexity index is 1270. The second kappa shape index (κ2) is 9.43. The van der Waals surface area contributed by atoms with Gasteiger partial charge in [-0.05, 0) is 60.0 Å². The Morgan fingerprint density at radius 2 is 1.85 bits per heavy atom. The standard InChI is InChI=1S/C26H22ClF2NO4/c1-26(12-17-4-2-3-5-22(17)29)13-19-10-16(7-9-23(19)34-26)25(33)30(15-24(31)32)14-18-6-8-20(28)11-21(18)27/h2-11H,12-15H2,1H3,(H,31,32)/t26-/m1/s1. The van der Waals surface area contributed by atoms with Crippen LogP contribution in [0.2, 0.25) is 5.02 Å². The SMILES string of the molecule is C[C@@]1(Cc2ccccc2F)Cc2cc(C(=O)N(CC(=O)O)Cc3ccc(F)cc3Cl)ccc2O1. The largest absolute Gasteiger partial charge is 0.487 e. The van der Waals surface area contributed by atoms with Crippen molar-refractivity contribution in [3.8, 4) is 5.75 Å². The molecule has 8 heteroatoms. The van der Waals surface area contributed by atoms with Gasteiger partial charge >= 0.3 is 5.97 Å². The zero-order chi connectivity index (χ0) is 24.5. The highest BCUT2D eigenvalue weighted by Gasteiger charge is 2.36. The normalized spacial score (nSPS) is 16.6. The van der Waals surface area contributed by atoms with Crippen LogP contribution in [0.15, 0.2) is 60.7 Å². The predicted molar refractivity (Wildman–Crippen MR) is 123 cm³/mol. The van der Waals surface area contributed by atoms with Crippen LogP contribution in [0.1, 0.15) is 34.0 Å². The first kappa shape index (κ1) is 23.7. The first-order valence-electron chi connectivity index (χ1n) is 10.6. The van der Waals surface area contributed by atoms with E-state index >= 15 is 0 Å². The molecule has 0 aromatic heterocycles. The first-order valence-corrected chi connectivity index (χ1v) is 11.0. The molecule has 34 heavy (non-hydrogen) atoms. The van der Waals surface area contributed by atoms with Crippen molar-refractivity contribution in [1.29, 1.82) is 0 Å². The number of benzene rings is 3. The molecule has 0 bridgehead atoms.